The van der Waals surface area contributed by atoms with Crippen molar-refractivity contribution in [3.8, 4) is 22.5 Å². The topological polar surface area (TPSA) is 92.5 Å². The van der Waals surface area contributed by atoms with Gasteiger partial charge in [-0.2, -0.15) is 5.10 Å². The number of fused-ring (bicyclic) bond motifs is 1. The van der Waals surface area contributed by atoms with E-state index in [1.807, 2.05) is 56.3 Å². The summed E-state index contributed by atoms with van der Waals surface area (Å²) in [5.74, 6) is 0.921. The van der Waals surface area contributed by atoms with Gasteiger partial charge in [-0.15, -0.1) is 0 Å². The summed E-state index contributed by atoms with van der Waals surface area (Å²) in [4.78, 5) is 9.46. The van der Waals surface area contributed by atoms with Crippen LogP contribution < -0.4 is 11.1 Å². The van der Waals surface area contributed by atoms with Crippen molar-refractivity contribution in [2.75, 3.05) is 11.1 Å². The van der Waals surface area contributed by atoms with Gasteiger partial charge in [-0.25, -0.2) is 9.97 Å². The van der Waals surface area contributed by atoms with Gasteiger partial charge < -0.3 is 11.1 Å². The molecule has 0 amide bonds. The molecule has 0 aliphatic carbocycles. The Kier molecular flexibility index (Phi) is 4.41. The highest BCUT2D eigenvalue weighted by Gasteiger charge is 2.17. The molecule has 0 bridgehead atoms. The van der Waals surface area contributed by atoms with E-state index < -0.39 is 0 Å². The summed E-state index contributed by atoms with van der Waals surface area (Å²) in [6.45, 7) is 4.06. The van der Waals surface area contributed by atoms with Gasteiger partial charge in [0.15, 0.2) is 11.6 Å². The van der Waals surface area contributed by atoms with Gasteiger partial charge in [-0.1, -0.05) is 41.9 Å². The van der Waals surface area contributed by atoms with Crippen molar-refractivity contribution in [3.63, 3.8) is 0 Å². The van der Waals surface area contributed by atoms with Crippen molar-refractivity contribution in [2.45, 2.75) is 19.9 Å². The van der Waals surface area contributed by atoms with E-state index in [2.05, 4.69) is 20.5 Å². The van der Waals surface area contributed by atoms with Crippen LogP contribution in [-0.2, 0) is 0 Å². The summed E-state index contributed by atoms with van der Waals surface area (Å²) < 4.78 is 0. The number of hydrogen-bond acceptors (Lipinski definition) is 5. The van der Waals surface area contributed by atoms with Crippen LogP contribution >= 0.6 is 11.6 Å². The van der Waals surface area contributed by atoms with Gasteiger partial charge in [0.05, 0.1) is 28.1 Å². The maximum atomic E-state index is 6.45. The molecule has 0 fully saturated rings. The number of aromatic amines is 1. The van der Waals surface area contributed by atoms with Crippen molar-refractivity contribution in [2.24, 2.45) is 0 Å². The molecule has 27 heavy (non-hydrogen) atoms. The molecule has 0 unspecified atom stereocenters. The fourth-order valence-corrected chi connectivity index (χ4v) is 3.25. The number of benzene rings is 2. The first-order valence-corrected chi connectivity index (χ1v) is 9.03. The number of halogens is 1. The molecular weight excluding hydrogens is 360 g/mol. The average molecular weight is 379 g/mol. The Morgan fingerprint density at radius 1 is 1.04 bits per heavy atom. The standard InChI is InChI=1S/C20H19ClN6/c1-11(2)24-20-19(22)25-17(12-6-4-3-5-7-12)18(26-20)13-8-14-10-23-27-16(14)15(21)9-13/h3-11H,1-2H3,(H2,22,25)(H,23,27)(H,24,26). The van der Waals surface area contributed by atoms with Crippen molar-refractivity contribution in [3.05, 3.63) is 53.7 Å². The number of anilines is 2. The second-order valence-electron chi connectivity index (χ2n) is 6.61. The van der Waals surface area contributed by atoms with E-state index in [4.69, 9.17) is 22.3 Å². The summed E-state index contributed by atoms with van der Waals surface area (Å²) in [7, 11) is 0. The van der Waals surface area contributed by atoms with Gasteiger partial charge >= 0.3 is 0 Å². The quantitative estimate of drug-likeness (QED) is 0.476. The zero-order chi connectivity index (χ0) is 19.0. The first kappa shape index (κ1) is 17.3. The Bertz CT molecular complexity index is 1100. The number of aromatic nitrogens is 4. The molecule has 0 spiro atoms. The molecule has 6 nitrogen and oxygen atoms in total. The fraction of sp³-hybridized carbons (Fsp3) is 0.150. The minimum Gasteiger partial charge on any atom is -0.381 e. The number of nitrogens with one attached hydrogen (secondary N) is 2. The molecule has 0 radical (unpaired) electrons. The molecule has 136 valence electrons. The first-order chi connectivity index (χ1) is 13.0. The van der Waals surface area contributed by atoms with Crippen LogP contribution in [0.2, 0.25) is 5.02 Å². The number of H-pyrrole nitrogens is 1. The van der Waals surface area contributed by atoms with Crippen LogP contribution in [-0.4, -0.2) is 26.2 Å². The Balaban J connectivity index is 1.97. The second-order valence-corrected chi connectivity index (χ2v) is 7.02. The zero-order valence-electron chi connectivity index (χ0n) is 15.0. The van der Waals surface area contributed by atoms with E-state index in [9.17, 15) is 0 Å². The summed E-state index contributed by atoms with van der Waals surface area (Å²) in [5.41, 5.74) is 10.2. The molecule has 0 aliphatic heterocycles. The molecule has 4 aromatic rings. The van der Waals surface area contributed by atoms with Crippen LogP contribution in [0.1, 0.15) is 13.8 Å². The average Bonchev–Trinajstić information content (AvgIpc) is 3.13. The van der Waals surface area contributed by atoms with E-state index in [1.165, 1.54) is 0 Å². The highest BCUT2D eigenvalue weighted by Crippen LogP contribution is 2.35. The molecule has 2 aromatic heterocycles. The molecule has 4 rings (SSSR count). The Morgan fingerprint density at radius 3 is 2.52 bits per heavy atom. The Hall–Kier alpha value is -3.12. The Morgan fingerprint density at radius 2 is 1.78 bits per heavy atom. The number of rotatable bonds is 4. The number of hydrogen-bond donors (Lipinski definition) is 3. The van der Waals surface area contributed by atoms with Crippen molar-refractivity contribution >= 4 is 34.1 Å². The van der Waals surface area contributed by atoms with Crippen LogP contribution in [0.5, 0.6) is 0 Å². The smallest absolute Gasteiger partial charge is 0.169 e. The largest absolute Gasteiger partial charge is 0.381 e. The number of nitrogens with two attached hydrogens (primary N) is 1. The van der Waals surface area contributed by atoms with Gasteiger partial charge in [0.25, 0.3) is 0 Å². The third-order valence-corrected chi connectivity index (χ3v) is 4.47. The maximum absolute atomic E-state index is 6.45. The normalized spacial score (nSPS) is 11.3. The highest BCUT2D eigenvalue weighted by atomic mass is 35.5. The Labute approximate surface area is 161 Å². The van der Waals surface area contributed by atoms with Gasteiger partial charge in [0.2, 0.25) is 0 Å². The van der Waals surface area contributed by atoms with Gasteiger partial charge in [0, 0.05) is 22.6 Å². The third kappa shape index (κ3) is 3.31. The predicted octanol–water partition coefficient (Wildman–Crippen LogP) is 4.74. The van der Waals surface area contributed by atoms with Gasteiger partial charge in [-0.05, 0) is 26.0 Å². The fourth-order valence-electron chi connectivity index (χ4n) is 2.98. The molecule has 0 saturated heterocycles. The predicted molar refractivity (Wildman–Crippen MR) is 111 cm³/mol. The minimum absolute atomic E-state index is 0.178. The lowest BCUT2D eigenvalue weighted by Crippen LogP contribution is -2.14. The van der Waals surface area contributed by atoms with Crippen LogP contribution in [0.3, 0.4) is 0 Å². The van der Waals surface area contributed by atoms with E-state index in [-0.39, 0.29) is 6.04 Å². The molecule has 2 aromatic carbocycles. The molecule has 4 N–H and O–H groups in total. The SMILES string of the molecule is CC(C)Nc1nc(-c2cc(Cl)c3[nH]ncc3c2)c(-c2ccccc2)nc1N. The highest BCUT2D eigenvalue weighted by molar-refractivity contribution is 6.35. The van der Waals surface area contributed by atoms with Gasteiger partial charge in [0.1, 0.15) is 0 Å². The molecular formula is C20H19ClN6. The van der Waals surface area contributed by atoms with Crippen LogP contribution in [0.4, 0.5) is 11.6 Å². The van der Waals surface area contributed by atoms with E-state index in [0.29, 0.717) is 28.0 Å². The number of nitrogens with zero attached hydrogens (tertiary/aromatic N) is 3. The lowest BCUT2D eigenvalue weighted by Gasteiger charge is -2.16. The first-order valence-electron chi connectivity index (χ1n) is 8.65. The summed E-state index contributed by atoms with van der Waals surface area (Å²) >= 11 is 6.45. The third-order valence-electron chi connectivity index (χ3n) is 4.17. The minimum atomic E-state index is 0.178. The molecule has 0 aliphatic rings. The van der Waals surface area contributed by atoms with Crippen LogP contribution in [0, 0.1) is 0 Å². The van der Waals surface area contributed by atoms with Crippen molar-refractivity contribution in [1.29, 1.82) is 0 Å². The monoisotopic (exact) mass is 378 g/mol. The maximum Gasteiger partial charge on any atom is 0.169 e. The second kappa shape index (κ2) is 6.89. The summed E-state index contributed by atoms with van der Waals surface area (Å²) in [6.07, 6.45) is 1.74. The van der Waals surface area contributed by atoms with Crippen LogP contribution in [0.25, 0.3) is 33.4 Å². The molecule has 2 heterocycles. The van der Waals surface area contributed by atoms with E-state index in [0.717, 1.165) is 22.0 Å². The van der Waals surface area contributed by atoms with Gasteiger partial charge in [-0.3, -0.25) is 5.10 Å². The van der Waals surface area contributed by atoms with Crippen LogP contribution in [0.15, 0.2) is 48.7 Å². The molecule has 0 saturated carbocycles. The molecule has 7 heteroatoms. The zero-order valence-corrected chi connectivity index (χ0v) is 15.7. The molecule has 0 atom stereocenters. The van der Waals surface area contributed by atoms with E-state index in [1.54, 1.807) is 6.20 Å². The lowest BCUT2D eigenvalue weighted by molar-refractivity contribution is 0.888. The summed E-state index contributed by atoms with van der Waals surface area (Å²) in [6, 6.07) is 13.9. The van der Waals surface area contributed by atoms with E-state index >= 15 is 0 Å². The van der Waals surface area contributed by atoms with Crippen molar-refractivity contribution in [1.82, 2.24) is 20.2 Å². The van der Waals surface area contributed by atoms with Crippen molar-refractivity contribution < 1.29 is 0 Å². The lowest BCUT2D eigenvalue weighted by atomic mass is 10.0. The summed E-state index contributed by atoms with van der Waals surface area (Å²) in [5, 5.41) is 11.7. The number of nitrogen functional groups attached to an aromatic ring is 1.